The van der Waals surface area contributed by atoms with Gasteiger partial charge in [0.05, 0.1) is 18.3 Å². The van der Waals surface area contributed by atoms with Gasteiger partial charge in [0.2, 0.25) is 0 Å². The second kappa shape index (κ2) is 14.9. The molecule has 0 aliphatic carbocycles. The summed E-state index contributed by atoms with van der Waals surface area (Å²) in [6, 6.07) is 17.5. The van der Waals surface area contributed by atoms with Crippen LogP contribution in [-0.4, -0.2) is 28.6 Å². The number of ether oxygens (including phenoxy) is 1. The zero-order valence-corrected chi connectivity index (χ0v) is 22.6. The number of aromatic nitrogens is 1. The van der Waals surface area contributed by atoms with Gasteiger partial charge in [0.25, 0.3) is 0 Å². The second-order valence-electron chi connectivity index (χ2n) is 8.49. The summed E-state index contributed by atoms with van der Waals surface area (Å²) in [6.07, 6.45) is 1.59. The topological polar surface area (TPSA) is 126 Å². The normalized spacial score (nSPS) is 11.0. The SMILES string of the molecule is CCOc1ccc(-c2cccnc2[C@H](Cc2cc(F)cc(F)c2)NC(=O)NSc2ccccc2C)cc1F.O.O.[HH].[HH]. The molecule has 0 radical (unpaired) electrons. The third-order valence-electron chi connectivity index (χ3n) is 5.73. The van der Waals surface area contributed by atoms with Crippen molar-refractivity contribution in [3.63, 3.8) is 0 Å². The van der Waals surface area contributed by atoms with E-state index in [-0.39, 0.29) is 26.0 Å². The molecule has 0 spiro atoms. The summed E-state index contributed by atoms with van der Waals surface area (Å²) in [5.41, 5.74) is 2.81. The van der Waals surface area contributed by atoms with Gasteiger partial charge in [-0.3, -0.25) is 9.71 Å². The minimum atomic E-state index is -0.792. The average molecular weight is 578 g/mol. The van der Waals surface area contributed by atoms with Crippen molar-refractivity contribution in [3.05, 3.63) is 113 Å². The van der Waals surface area contributed by atoms with Crippen LogP contribution in [0.5, 0.6) is 5.75 Å². The molecule has 0 bridgehead atoms. The quantitative estimate of drug-likeness (QED) is 0.236. The van der Waals surface area contributed by atoms with Crippen LogP contribution in [0, 0.1) is 24.4 Å². The van der Waals surface area contributed by atoms with Crippen LogP contribution in [0.1, 0.15) is 32.6 Å². The number of hydrogen-bond donors (Lipinski definition) is 2. The number of carbonyl (C=O) groups is 1. The summed E-state index contributed by atoms with van der Waals surface area (Å²) in [5, 5.41) is 2.87. The van der Waals surface area contributed by atoms with Crippen LogP contribution in [0.4, 0.5) is 18.0 Å². The van der Waals surface area contributed by atoms with E-state index in [9.17, 15) is 18.0 Å². The Bertz CT molecular complexity index is 1430. The summed E-state index contributed by atoms with van der Waals surface area (Å²) >= 11 is 1.15. The summed E-state index contributed by atoms with van der Waals surface area (Å²) in [4.78, 5) is 18.3. The average Bonchev–Trinajstić information content (AvgIpc) is 2.88. The van der Waals surface area contributed by atoms with Crippen molar-refractivity contribution < 1.29 is 36.5 Å². The molecule has 1 aromatic heterocycles. The maximum absolute atomic E-state index is 14.7. The largest absolute Gasteiger partial charge is 0.491 e. The van der Waals surface area contributed by atoms with Crippen molar-refractivity contribution in [2.75, 3.05) is 6.61 Å². The third kappa shape index (κ3) is 8.22. The van der Waals surface area contributed by atoms with Crippen LogP contribution in [0.3, 0.4) is 0 Å². The molecule has 1 heterocycles. The zero-order chi connectivity index (χ0) is 27.1. The highest BCUT2D eigenvalue weighted by Gasteiger charge is 2.22. The molecule has 4 aromatic rings. The predicted octanol–water partition coefficient (Wildman–Crippen LogP) is 6.01. The fraction of sp³-hybridized carbons (Fsp3) is 0.172. The molecule has 0 fully saturated rings. The lowest BCUT2D eigenvalue weighted by molar-refractivity contribution is 0.242. The van der Waals surface area contributed by atoms with Gasteiger partial charge in [-0.05, 0) is 85.3 Å². The summed E-state index contributed by atoms with van der Waals surface area (Å²) < 4.78 is 50.7. The number of urea groups is 1. The Morgan fingerprint density at radius 1 is 1.00 bits per heavy atom. The molecule has 0 unspecified atom stereocenters. The Balaban J connectivity index is 0.00000420. The molecule has 0 saturated carbocycles. The number of halogens is 3. The molecule has 3 aromatic carbocycles. The number of hydrogen-bond acceptors (Lipinski definition) is 4. The first-order valence-corrected chi connectivity index (χ1v) is 12.8. The lowest BCUT2D eigenvalue weighted by Crippen LogP contribution is -2.36. The number of nitrogens with one attached hydrogen (secondary N) is 2. The van der Waals surface area contributed by atoms with Crippen LogP contribution in [-0.2, 0) is 6.42 Å². The molecular weight excluding hydrogens is 543 g/mol. The number of pyridine rings is 1. The molecule has 4 rings (SSSR count). The van der Waals surface area contributed by atoms with Crippen LogP contribution < -0.4 is 14.8 Å². The summed E-state index contributed by atoms with van der Waals surface area (Å²) in [5.74, 6) is -1.87. The van der Waals surface area contributed by atoms with Gasteiger partial charge in [-0.1, -0.05) is 30.3 Å². The molecule has 7 nitrogen and oxygen atoms in total. The first kappa shape index (κ1) is 32.2. The smallest absolute Gasteiger partial charge is 0.325 e. The predicted molar refractivity (Wildman–Crippen MR) is 154 cm³/mol. The fourth-order valence-electron chi connectivity index (χ4n) is 4.02. The van der Waals surface area contributed by atoms with Gasteiger partial charge >= 0.3 is 6.03 Å². The molecule has 2 amide bonds. The van der Waals surface area contributed by atoms with Crippen molar-refractivity contribution in [3.8, 4) is 16.9 Å². The number of nitrogens with zero attached hydrogens (tertiary/aromatic N) is 1. The number of amides is 2. The molecule has 0 aliphatic rings. The number of carbonyl (C=O) groups excluding carboxylic acids is 1. The second-order valence-corrected chi connectivity index (χ2v) is 9.34. The Hall–Kier alpha value is -4.06. The number of aryl methyl sites for hydroxylation is 1. The van der Waals surface area contributed by atoms with Gasteiger partial charge in [-0.25, -0.2) is 18.0 Å². The van der Waals surface area contributed by atoms with E-state index >= 15 is 0 Å². The highest BCUT2D eigenvalue weighted by Crippen LogP contribution is 2.32. The van der Waals surface area contributed by atoms with Gasteiger partial charge in [0.1, 0.15) is 11.6 Å². The van der Waals surface area contributed by atoms with Crippen molar-refractivity contribution in [2.45, 2.75) is 31.2 Å². The lowest BCUT2D eigenvalue weighted by atomic mass is 9.95. The molecule has 0 saturated heterocycles. The summed E-state index contributed by atoms with van der Waals surface area (Å²) in [7, 11) is 0. The first-order valence-electron chi connectivity index (χ1n) is 12.0. The van der Waals surface area contributed by atoms with E-state index in [1.165, 1.54) is 24.3 Å². The van der Waals surface area contributed by atoms with Crippen molar-refractivity contribution >= 4 is 18.0 Å². The molecule has 1 atom stereocenters. The van der Waals surface area contributed by atoms with E-state index in [1.807, 2.05) is 31.2 Å². The Morgan fingerprint density at radius 2 is 1.73 bits per heavy atom. The van der Waals surface area contributed by atoms with E-state index in [4.69, 9.17) is 4.74 Å². The molecular formula is C29H34F3N3O4S. The van der Waals surface area contributed by atoms with Gasteiger partial charge < -0.3 is 21.0 Å². The first-order chi connectivity index (χ1) is 18.3. The van der Waals surface area contributed by atoms with Crippen molar-refractivity contribution in [1.82, 2.24) is 15.0 Å². The highest BCUT2D eigenvalue weighted by atomic mass is 32.2. The van der Waals surface area contributed by atoms with Gasteiger partial charge in [-0.15, -0.1) is 0 Å². The van der Waals surface area contributed by atoms with E-state index in [2.05, 4.69) is 15.0 Å². The van der Waals surface area contributed by atoms with Gasteiger partial charge in [-0.2, -0.15) is 0 Å². The minimum Gasteiger partial charge on any atom is -0.491 e. The highest BCUT2D eigenvalue weighted by molar-refractivity contribution is 7.98. The molecule has 6 N–H and O–H groups in total. The van der Waals surface area contributed by atoms with Crippen molar-refractivity contribution in [2.24, 2.45) is 0 Å². The Morgan fingerprint density at radius 3 is 2.40 bits per heavy atom. The third-order valence-corrected chi connectivity index (χ3v) is 6.69. The van der Waals surface area contributed by atoms with Crippen LogP contribution >= 0.6 is 11.9 Å². The fourth-order valence-corrected chi connectivity index (χ4v) is 4.66. The minimum absolute atomic E-state index is 0. The van der Waals surface area contributed by atoms with E-state index < -0.39 is 29.5 Å². The summed E-state index contributed by atoms with van der Waals surface area (Å²) in [6.45, 7) is 4.01. The molecule has 0 aliphatic heterocycles. The Labute approximate surface area is 237 Å². The van der Waals surface area contributed by atoms with Crippen LogP contribution in [0.2, 0.25) is 0 Å². The Kier molecular flexibility index (Phi) is 12.0. The van der Waals surface area contributed by atoms with Crippen molar-refractivity contribution in [1.29, 1.82) is 0 Å². The van der Waals surface area contributed by atoms with E-state index in [1.54, 1.807) is 31.3 Å². The number of rotatable bonds is 9. The number of benzene rings is 3. The van der Waals surface area contributed by atoms with Crippen LogP contribution in [0.25, 0.3) is 11.1 Å². The van der Waals surface area contributed by atoms with E-state index in [0.29, 0.717) is 29.0 Å². The van der Waals surface area contributed by atoms with Gasteiger partial charge in [0.15, 0.2) is 11.6 Å². The monoisotopic (exact) mass is 577 g/mol. The standard InChI is InChI=1S/C29H26F3N3O2S.2H2O.2H2/c1-3-37-26-11-10-20(16-24(26)32)23-8-6-12-33-28(23)25(15-19-13-21(30)17-22(31)14-19)34-29(36)35-38-27-9-5-4-7-18(27)2;;;;/h4-14,16-17,25H,3,15H2,1-2H3,(H2,34,35,36);2*1H2;2*1H/t25-;;;;/m0..../s1. The lowest BCUT2D eigenvalue weighted by Gasteiger charge is -2.22. The van der Waals surface area contributed by atoms with E-state index in [0.717, 1.165) is 28.5 Å². The zero-order valence-electron chi connectivity index (χ0n) is 21.8. The maximum atomic E-state index is 14.7. The molecule has 216 valence electrons. The molecule has 11 heteroatoms. The van der Waals surface area contributed by atoms with Gasteiger partial charge in [0, 0.05) is 25.6 Å². The van der Waals surface area contributed by atoms with Crippen LogP contribution in [0.15, 0.2) is 83.9 Å². The molecule has 40 heavy (non-hydrogen) atoms. The maximum Gasteiger partial charge on any atom is 0.325 e.